The summed E-state index contributed by atoms with van der Waals surface area (Å²) >= 11 is 3.55. The van der Waals surface area contributed by atoms with Crippen molar-refractivity contribution in [1.82, 2.24) is 0 Å². The topological polar surface area (TPSA) is 44.5 Å². The third-order valence-electron chi connectivity index (χ3n) is 4.71. The first-order valence-electron chi connectivity index (χ1n) is 7.33. The Morgan fingerprint density at radius 3 is 3.00 bits per heavy atom. The molecule has 2 fully saturated rings. The second kappa shape index (κ2) is 5.76. The normalized spacial score (nSPS) is 31.6. The largest absolute Gasteiger partial charge is 0.378 e. The fourth-order valence-corrected chi connectivity index (χ4v) is 3.84. The average molecular weight is 340 g/mol. The van der Waals surface area contributed by atoms with E-state index in [1.807, 2.05) is 0 Å². The molecule has 2 aliphatic rings. The van der Waals surface area contributed by atoms with Crippen LogP contribution in [0.2, 0.25) is 0 Å². The van der Waals surface area contributed by atoms with E-state index in [0.29, 0.717) is 5.92 Å². The van der Waals surface area contributed by atoms with Crippen molar-refractivity contribution in [2.45, 2.75) is 37.8 Å². The van der Waals surface area contributed by atoms with Crippen LogP contribution in [0.3, 0.4) is 0 Å². The number of hydrogen-bond donors (Lipinski definition) is 1. The van der Waals surface area contributed by atoms with Crippen LogP contribution >= 0.6 is 15.9 Å². The molecule has 110 valence electrons. The number of aryl methyl sites for hydroxylation is 1. The molecule has 2 aliphatic heterocycles. The van der Waals surface area contributed by atoms with E-state index in [4.69, 9.17) is 15.2 Å². The number of benzene rings is 1. The molecule has 0 aromatic heterocycles. The maximum absolute atomic E-state index is 6.57. The molecule has 2 saturated heterocycles. The minimum absolute atomic E-state index is 0.0690. The van der Waals surface area contributed by atoms with Gasteiger partial charge in [0.05, 0.1) is 12.2 Å². The number of ether oxygens (including phenoxy) is 2. The lowest BCUT2D eigenvalue weighted by Gasteiger charge is -2.39. The van der Waals surface area contributed by atoms with Crippen molar-refractivity contribution in [3.8, 4) is 0 Å². The highest BCUT2D eigenvalue weighted by Crippen LogP contribution is 2.40. The number of rotatable bonds is 2. The summed E-state index contributed by atoms with van der Waals surface area (Å²) in [5.74, 6) is 0.471. The summed E-state index contributed by atoms with van der Waals surface area (Å²) in [7, 11) is 0. The monoisotopic (exact) mass is 339 g/mol. The first kappa shape index (κ1) is 14.5. The van der Waals surface area contributed by atoms with Crippen LogP contribution in [0.4, 0.5) is 0 Å². The van der Waals surface area contributed by atoms with Gasteiger partial charge in [-0.15, -0.1) is 0 Å². The molecule has 0 radical (unpaired) electrons. The molecule has 0 amide bonds. The zero-order valence-corrected chi connectivity index (χ0v) is 13.5. The lowest BCUT2D eigenvalue weighted by Crippen LogP contribution is -2.43. The van der Waals surface area contributed by atoms with E-state index < -0.39 is 0 Å². The molecule has 1 aromatic rings. The van der Waals surface area contributed by atoms with Gasteiger partial charge < -0.3 is 15.2 Å². The second-order valence-corrected chi connectivity index (χ2v) is 7.03. The maximum atomic E-state index is 6.57. The zero-order valence-electron chi connectivity index (χ0n) is 11.9. The predicted molar refractivity (Wildman–Crippen MR) is 82.7 cm³/mol. The van der Waals surface area contributed by atoms with E-state index in [2.05, 4.69) is 41.1 Å². The van der Waals surface area contributed by atoms with Crippen molar-refractivity contribution in [3.63, 3.8) is 0 Å². The highest BCUT2D eigenvalue weighted by Gasteiger charge is 2.42. The van der Waals surface area contributed by atoms with Crippen LogP contribution in [0.15, 0.2) is 22.7 Å². The van der Waals surface area contributed by atoms with Crippen molar-refractivity contribution >= 4 is 15.9 Å². The van der Waals surface area contributed by atoms with Crippen molar-refractivity contribution in [2.24, 2.45) is 11.7 Å². The standard InChI is InChI=1S/C16H22BrNO2/c1-11-2-3-13(17)8-14(11)15(18)12-4-6-20-16(9-12)5-7-19-10-16/h2-3,8,12,15H,4-7,9-10,18H2,1H3. The fourth-order valence-electron chi connectivity index (χ4n) is 3.46. The van der Waals surface area contributed by atoms with Gasteiger partial charge in [0.25, 0.3) is 0 Å². The fraction of sp³-hybridized carbons (Fsp3) is 0.625. The van der Waals surface area contributed by atoms with E-state index in [9.17, 15) is 0 Å². The van der Waals surface area contributed by atoms with Crippen molar-refractivity contribution in [3.05, 3.63) is 33.8 Å². The molecule has 3 atom stereocenters. The predicted octanol–water partition coefficient (Wildman–Crippen LogP) is 3.34. The maximum Gasteiger partial charge on any atom is 0.0940 e. The first-order valence-corrected chi connectivity index (χ1v) is 8.12. The van der Waals surface area contributed by atoms with Gasteiger partial charge in [-0.1, -0.05) is 22.0 Å². The summed E-state index contributed by atoms with van der Waals surface area (Å²) in [6, 6.07) is 6.44. The molecule has 4 heteroatoms. The third kappa shape index (κ3) is 2.80. The van der Waals surface area contributed by atoms with Gasteiger partial charge in [-0.3, -0.25) is 0 Å². The summed E-state index contributed by atoms with van der Waals surface area (Å²) in [6.07, 6.45) is 3.06. The van der Waals surface area contributed by atoms with Gasteiger partial charge in [0, 0.05) is 30.1 Å². The Balaban J connectivity index is 1.79. The molecule has 3 unspecified atom stereocenters. The molecule has 20 heavy (non-hydrogen) atoms. The zero-order chi connectivity index (χ0) is 14.2. The van der Waals surface area contributed by atoms with Crippen molar-refractivity contribution in [2.75, 3.05) is 19.8 Å². The Bertz CT molecular complexity index is 485. The van der Waals surface area contributed by atoms with Crippen LogP contribution in [0.1, 0.15) is 36.4 Å². The molecule has 0 bridgehead atoms. The quantitative estimate of drug-likeness (QED) is 0.898. The smallest absolute Gasteiger partial charge is 0.0940 e. The Labute approximate surface area is 129 Å². The SMILES string of the molecule is Cc1ccc(Br)cc1C(N)C1CCOC2(CCOC2)C1. The molecule has 0 saturated carbocycles. The summed E-state index contributed by atoms with van der Waals surface area (Å²) in [5.41, 5.74) is 9.02. The molecular formula is C16H22BrNO2. The number of nitrogens with two attached hydrogens (primary N) is 1. The summed E-state index contributed by atoms with van der Waals surface area (Å²) in [5, 5.41) is 0. The van der Waals surface area contributed by atoms with E-state index >= 15 is 0 Å². The number of halogens is 1. The lowest BCUT2D eigenvalue weighted by molar-refractivity contribution is -0.101. The van der Waals surface area contributed by atoms with Gasteiger partial charge in [-0.2, -0.15) is 0 Å². The minimum atomic E-state index is -0.0690. The summed E-state index contributed by atoms with van der Waals surface area (Å²) in [4.78, 5) is 0. The van der Waals surface area contributed by atoms with Gasteiger partial charge in [-0.05, 0) is 48.9 Å². The summed E-state index contributed by atoms with van der Waals surface area (Å²) < 4.78 is 12.6. The van der Waals surface area contributed by atoms with Crippen LogP contribution in [-0.2, 0) is 9.47 Å². The van der Waals surface area contributed by atoms with Crippen molar-refractivity contribution < 1.29 is 9.47 Å². The van der Waals surface area contributed by atoms with Crippen LogP contribution in [0.25, 0.3) is 0 Å². The van der Waals surface area contributed by atoms with Gasteiger partial charge in [0.15, 0.2) is 0 Å². The van der Waals surface area contributed by atoms with Crippen LogP contribution in [0.5, 0.6) is 0 Å². The first-order chi connectivity index (χ1) is 9.60. The average Bonchev–Trinajstić information content (AvgIpc) is 2.88. The second-order valence-electron chi connectivity index (χ2n) is 6.11. The lowest BCUT2D eigenvalue weighted by atomic mass is 9.78. The van der Waals surface area contributed by atoms with Gasteiger partial charge >= 0.3 is 0 Å². The Kier molecular flexibility index (Phi) is 4.18. The Morgan fingerprint density at radius 2 is 2.25 bits per heavy atom. The van der Waals surface area contributed by atoms with E-state index in [1.165, 1.54) is 11.1 Å². The Morgan fingerprint density at radius 1 is 1.40 bits per heavy atom. The van der Waals surface area contributed by atoms with Gasteiger partial charge in [0.1, 0.15) is 0 Å². The van der Waals surface area contributed by atoms with Gasteiger partial charge in [0.2, 0.25) is 0 Å². The minimum Gasteiger partial charge on any atom is -0.378 e. The van der Waals surface area contributed by atoms with E-state index in [1.54, 1.807) is 0 Å². The Hall–Kier alpha value is -0.420. The molecule has 1 aromatic carbocycles. The van der Waals surface area contributed by atoms with Crippen LogP contribution in [0, 0.1) is 12.8 Å². The van der Waals surface area contributed by atoms with E-state index in [-0.39, 0.29) is 11.6 Å². The molecule has 0 aliphatic carbocycles. The highest BCUT2D eigenvalue weighted by molar-refractivity contribution is 9.10. The van der Waals surface area contributed by atoms with Crippen LogP contribution in [-0.4, -0.2) is 25.4 Å². The molecule has 2 N–H and O–H groups in total. The summed E-state index contributed by atoms with van der Waals surface area (Å²) in [6.45, 7) is 4.48. The van der Waals surface area contributed by atoms with E-state index in [0.717, 1.165) is 43.6 Å². The third-order valence-corrected chi connectivity index (χ3v) is 5.20. The van der Waals surface area contributed by atoms with Crippen LogP contribution < -0.4 is 5.73 Å². The molecule has 2 heterocycles. The molecular weight excluding hydrogens is 318 g/mol. The number of hydrogen-bond acceptors (Lipinski definition) is 3. The molecule has 3 rings (SSSR count). The highest BCUT2D eigenvalue weighted by atomic mass is 79.9. The van der Waals surface area contributed by atoms with Gasteiger partial charge in [-0.25, -0.2) is 0 Å². The molecule has 3 nitrogen and oxygen atoms in total. The molecule has 1 spiro atoms. The van der Waals surface area contributed by atoms with Crippen molar-refractivity contribution in [1.29, 1.82) is 0 Å².